The van der Waals surface area contributed by atoms with Gasteiger partial charge >= 0.3 is 6.09 Å². The molecular weight excluding hydrogens is 478 g/mol. The van der Waals surface area contributed by atoms with Crippen molar-refractivity contribution in [2.75, 3.05) is 11.1 Å². The van der Waals surface area contributed by atoms with Crippen molar-refractivity contribution in [3.05, 3.63) is 59.7 Å². The van der Waals surface area contributed by atoms with E-state index in [4.69, 9.17) is 4.74 Å². The summed E-state index contributed by atoms with van der Waals surface area (Å²) >= 11 is 4.31. The van der Waals surface area contributed by atoms with Crippen molar-refractivity contribution in [2.24, 2.45) is 5.92 Å². The van der Waals surface area contributed by atoms with Gasteiger partial charge in [0.2, 0.25) is 5.91 Å². The van der Waals surface area contributed by atoms with Crippen LogP contribution in [0.4, 0.5) is 10.5 Å². The van der Waals surface area contributed by atoms with Gasteiger partial charge in [-0.2, -0.15) is 12.6 Å². The molecule has 0 spiro atoms. The first kappa shape index (κ1) is 27.4. The Bertz CT molecular complexity index is 1100. The summed E-state index contributed by atoms with van der Waals surface area (Å²) in [5.74, 6) is -0.561. The number of thiol groups is 1. The third-order valence-electron chi connectivity index (χ3n) is 5.99. The van der Waals surface area contributed by atoms with Gasteiger partial charge in [0.25, 0.3) is 5.91 Å². The molecule has 4 atom stereocenters. The maximum Gasteiger partial charge on any atom is 0.408 e. The molecule has 194 valence electrons. The van der Waals surface area contributed by atoms with Crippen molar-refractivity contribution in [1.29, 1.82) is 0 Å². The summed E-state index contributed by atoms with van der Waals surface area (Å²) in [5, 5.41) is 15.4. The molecule has 0 radical (unpaired) electrons. The number of anilines is 1. The van der Waals surface area contributed by atoms with Gasteiger partial charge in [-0.25, -0.2) is 4.79 Å². The van der Waals surface area contributed by atoms with Crippen molar-refractivity contribution in [2.45, 2.75) is 64.8 Å². The van der Waals surface area contributed by atoms with E-state index in [9.17, 15) is 19.5 Å². The fourth-order valence-electron chi connectivity index (χ4n) is 4.00. The minimum Gasteiger partial charge on any atom is -0.508 e. The van der Waals surface area contributed by atoms with E-state index in [0.717, 1.165) is 12.0 Å². The van der Waals surface area contributed by atoms with Crippen LogP contribution < -0.4 is 10.6 Å². The van der Waals surface area contributed by atoms with E-state index in [1.54, 1.807) is 43.9 Å². The van der Waals surface area contributed by atoms with Crippen LogP contribution in [0.15, 0.2) is 48.5 Å². The molecule has 2 aromatic rings. The zero-order valence-corrected chi connectivity index (χ0v) is 22.2. The number of carbonyl (C=O) groups excluding carboxylic acids is 3. The van der Waals surface area contributed by atoms with Crippen molar-refractivity contribution in [1.82, 2.24) is 10.2 Å². The van der Waals surface area contributed by atoms with E-state index < -0.39 is 35.6 Å². The van der Waals surface area contributed by atoms with Gasteiger partial charge in [-0.3, -0.25) is 9.59 Å². The Labute approximate surface area is 217 Å². The highest BCUT2D eigenvalue weighted by molar-refractivity contribution is 7.80. The zero-order valence-electron chi connectivity index (χ0n) is 21.3. The molecule has 8 nitrogen and oxygen atoms in total. The molecule has 0 heterocycles. The second-order valence-corrected chi connectivity index (χ2v) is 10.6. The zero-order chi connectivity index (χ0) is 26.6. The van der Waals surface area contributed by atoms with Crippen molar-refractivity contribution in [3.8, 4) is 5.75 Å². The molecule has 1 aliphatic carbocycles. The molecular formula is C27H35N3O5S. The SMILES string of the molecule is Cc1ccccc1NC(=O)C(c1ccc(O)cc1)N(C(=O)C(CS)NC(=O)OC(C)(C)C)C1CC1C. The fourth-order valence-corrected chi connectivity index (χ4v) is 4.24. The molecule has 0 aromatic heterocycles. The van der Waals surface area contributed by atoms with Gasteiger partial charge in [-0.1, -0.05) is 37.3 Å². The minimum atomic E-state index is -0.998. The van der Waals surface area contributed by atoms with Crippen molar-refractivity contribution < 1.29 is 24.2 Å². The lowest BCUT2D eigenvalue weighted by atomic mass is 10.0. The average molecular weight is 514 g/mol. The Morgan fingerprint density at radius 3 is 2.28 bits per heavy atom. The molecule has 0 bridgehead atoms. The van der Waals surface area contributed by atoms with E-state index in [1.165, 1.54) is 12.1 Å². The highest BCUT2D eigenvalue weighted by atomic mass is 32.1. The van der Waals surface area contributed by atoms with Gasteiger partial charge in [0.15, 0.2) is 0 Å². The maximum atomic E-state index is 13.9. The fraction of sp³-hybridized carbons (Fsp3) is 0.444. The number of benzene rings is 2. The van der Waals surface area contributed by atoms with E-state index in [-0.39, 0.29) is 23.5 Å². The molecule has 3 rings (SSSR count). The summed E-state index contributed by atoms with van der Waals surface area (Å²) in [4.78, 5) is 41.6. The van der Waals surface area contributed by atoms with E-state index >= 15 is 0 Å². The van der Waals surface area contributed by atoms with Crippen molar-refractivity contribution in [3.63, 3.8) is 0 Å². The van der Waals surface area contributed by atoms with Crippen LogP contribution in [0.5, 0.6) is 5.75 Å². The topological polar surface area (TPSA) is 108 Å². The second kappa shape index (κ2) is 11.2. The summed E-state index contributed by atoms with van der Waals surface area (Å²) in [7, 11) is 0. The Hall–Kier alpha value is -3.20. The number of nitrogens with one attached hydrogen (secondary N) is 2. The first-order valence-corrected chi connectivity index (χ1v) is 12.6. The van der Waals surface area contributed by atoms with Crippen molar-refractivity contribution >= 4 is 36.2 Å². The van der Waals surface area contributed by atoms with Crippen LogP contribution in [0.2, 0.25) is 0 Å². The van der Waals surface area contributed by atoms with Crippen LogP contribution in [0.1, 0.15) is 51.3 Å². The first-order chi connectivity index (χ1) is 16.9. The number of rotatable bonds is 8. The molecule has 2 aromatic carbocycles. The summed E-state index contributed by atoms with van der Waals surface area (Å²) in [6.45, 7) is 9.10. The van der Waals surface area contributed by atoms with Gasteiger partial charge in [-0.15, -0.1) is 0 Å². The van der Waals surface area contributed by atoms with E-state index in [0.29, 0.717) is 11.3 Å². The highest BCUT2D eigenvalue weighted by Gasteiger charge is 2.48. The predicted molar refractivity (Wildman–Crippen MR) is 142 cm³/mol. The van der Waals surface area contributed by atoms with Crippen LogP contribution in [0.3, 0.4) is 0 Å². The lowest BCUT2D eigenvalue weighted by Gasteiger charge is -2.34. The number of para-hydroxylation sites is 1. The number of aryl methyl sites for hydroxylation is 1. The minimum absolute atomic E-state index is 0.0252. The number of phenols is 1. The van der Waals surface area contributed by atoms with Gasteiger partial charge in [0.1, 0.15) is 23.4 Å². The third kappa shape index (κ3) is 6.94. The number of alkyl carbamates (subject to hydrolysis) is 1. The largest absolute Gasteiger partial charge is 0.508 e. The van der Waals surface area contributed by atoms with Gasteiger partial charge in [0, 0.05) is 17.5 Å². The molecule has 1 aliphatic rings. The van der Waals surface area contributed by atoms with Gasteiger partial charge < -0.3 is 25.4 Å². The molecule has 0 saturated heterocycles. The average Bonchev–Trinajstić information content (AvgIpc) is 3.52. The monoisotopic (exact) mass is 513 g/mol. The summed E-state index contributed by atoms with van der Waals surface area (Å²) < 4.78 is 5.33. The number of nitrogens with zero attached hydrogens (tertiary/aromatic N) is 1. The van der Waals surface area contributed by atoms with E-state index in [1.807, 2.05) is 32.0 Å². The molecule has 1 saturated carbocycles. The van der Waals surface area contributed by atoms with E-state index in [2.05, 4.69) is 23.3 Å². The molecule has 1 fully saturated rings. The normalized spacial score (nSPS) is 18.5. The van der Waals surface area contributed by atoms with Crippen LogP contribution in [0.25, 0.3) is 0 Å². The summed E-state index contributed by atoms with van der Waals surface area (Å²) in [6.07, 6.45) is -0.00629. The Kier molecular flexibility index (Phi) is 8.55. The number of carbonyl (C=O) groups is 3. The lowest BCUT2D eigenvalue weighted by Crippen LogP contribution is -2.54. The number of ether oxygens (including phenoxy) is 1. The molecule has 9 heteroatoms. The number of hydrogen-bond acceptors (Lipinski definition) is 6. The highest BCUT2D eigenvalue weighted by Crippen LogP contribution is 2.41. The Balaban J connectivity index is 1.98. The Morgan fingerprint density at radius 2 is 1.75 bits per heavy atom. The van der Waals surface area contributed by atoms with Crippen LogP contribution in [-0.4, -0.2) is 51.4 Å². The van der Waals surface area contributed by atoms with Gasteiger partial charge in [0.05, 0.1) is 0 Å². The molecule has 0 aliphatic heterocycles. The maximum absolute atomic E-state index is 13.9. The number of hydrogen-bond donors (Lipinski definition) is 4. The van der Waals surface area contributed by atoms with Crippen LogP contribution in [-0.2, 0) is 14.3 Å². The second-order valence-electron chi connectivity index (χ2n) is 10.2. The quantitative estimate of drug-likeness (QED) is 0.391. The summed E-state index contributed by atoms with van der Waals surface area (Å²) in [5.41, 5.74) is 1.33. The molecule has 3 N–H and O–H groups in total. The lowest BCUT2D eigenvalue weighted by molar-refractivity contribution is -0.141. The van der Waals surface area contributed by atoms with Crippen LogP contribution >= 0.6 is 12.6 Å². The standard InChI is InChI=1S/C27H35N3O5S/c1-16-8-6-7-9-20(16)28-24(32)23(18-10-12-19(31)13-11-18)30(22-14-17(22)2)25(33)21(15-36)29-26(34)35-27(3,4)5/h6-13,17,21-23,31,36H,14-15H2,1-5H3,(H,28,32)(H,29,34). The van der Waals surface area contributed by atoms with Crippen LogP contribution in [0, 0.1) is 12.8 Å². The number of aromatic hydroxyl groups is 1. The number of amides is 3. The predicted octanol–water partition coefficient (Wildman–Crippen LogP) is 4.44. The molecule has 3 amide bonds. The smallest absolute Gasteiger partial charge is 0.408 e. The first-order valence-electron chi connectivity index (χ1n) is 12.0. The molecule has 36 heavy (non-hydrogen) atoms. The third-order valence-corrected chi connectivity index (χ3v) is 6.35. The molecule has 4 unspecified atom stereocenters. The van der Waals surface area contributed by atoms with Gasteiger partial charge in [-0.05, 0) is 69.4 Å². The Morgan fingerprint density at radius 1 is 1.14 bits per heavy atom. The number of phenolic OH excluding ortho intramolecular Hbond substituents is 1. The summed E-state index contributed by atoms with van der Waals surface area (Å²) in [6, 6.07) is 11.4.